The number of aliphatic hydroxyl groups excluding tert-OH is 1. The first-order valence-electron chi connectivity index (χ1n) is 6.01. The molecule has 0 aliphatic carbocycles. The number of halogens is 1. The van der Waals surface area contributed by atoms with E-state index in [1.54, 1.807) is 12.4 Å². The Kier molecular flexibility index (Phi) is 4.37. The fraction of sp³-hybridized carbons (Fsp3) is 0.667. The van der Waals surface area contributed by atoms with Crippen LogP contribution in [0.4, 0.5) is 5.95 Å². The Bertz CT molecular complexity index is 385. The van der Waals surface area contributed by atoms with Gasteiger partial charge in [0.15, 0.2) is 6.61 Å². The van der Waals surface area contributed by atoms with Crippen molar-refractivity contribution in [3.8, 4) is 0 Å². The van der Waals surface area contributed by atoms with Crippen molar-refractivity contribution < 1.29 is 9.47 Å². The summed E-state index contributed by atoms with van der Waals surface area (Å²) in [6.07, 6.45) is 3.74. The summed E-state index contributed by atoms with van der Waals surface area (Å²) in [6, 6.07) is 0. The van der Waals surface area contributed by atoms with Crippen LogP contribution in [0.5, 0.6) is 0 Å². The van der Waals surface area contributed by atoms with E-state index < -0.39 is 0 Å². The van der Waals surface area contributed by atoms with Gasteiger partial charge in [-0.2, -0.15) is 0 Å². The second-order valence-electron chi connectivity index (χ2n) is 4.92. The quantitative estimate of drug-likeness (QED) is 0.838. The number of anilines is 1. The number of β-amino-alcohol motifs (C(OH)–C–C–N with tert-alkyl or cyclic N) is 1. The van der Waals surface area contributed by atoms with Crippen LogP contribution in [0.3, 0.4) is 0 Å². The van der Waals surface area contributed by atoms with Crippen LogP contribution in [0.25, 0.3) is 0 Å². The van der Waals surface area contributed by atoms with Crippen LogP contribution in [0.15, 0.2) is 12.4 Å². The fourth-order valence-corrected chi connectivity index (χ4v) is 2.35. The number of hydrogen-bond donors (Lipinski definition) is 1. The first kappa shape index (κ1) is 13.5. The predicted octanol–water partition coefficient (Wildman–Crippen LogP) is 1.13. The average molecular weight is 273 g/mol. The maximum absolute atomic E-state index is 10.1. The lowest BCUT2D eigenvalue weighted by atomic mass is 9.95. The van der Waals surface area contributed by atoms with Gasteiger partial charge in [0, 0.05) is 13.1 Å². The third kappa shape index (κ3) is 3.31. The van der Waals surface area contributed by atoms with E-state index in [4.69, 9.17) is 11.6 Å². The summed E-state index contributed by atoms with van der Waals surface area (Å²) >= 11 is 5.76. The minimum atomic E-state index is -0.354. The van der Waals surface area contributed by atoms with Crippen LogP contribution >= 0.6 is 11.6 Å². The Morgan fingerprint density at radius 2 is 2.11 bits per heavy atom. The van der Waals surface area contributed by atoms with Crippen molar-refractivity contribution in [1.29, 1.82) is 0 Å². The maximum Gasteiger partial charge on any atom is 0.225 e. The maximum atomic E-state index is 10.1. The van der Waals surface area contributed by atoms with E-state index in [-0.39, 0.29) is 12.0 Å². The van der Waals surface area contributed by atoms with Crippen LogP contribution in [0.1, 0.15) is 6.42 Å². The SMILES string of the molecule is C[O+](C)CC1CCN(c2ncc(Cl)cn2)CC1O. The van der Waals surface area contributed by atoms with Crippen molar-refractivity contribution in [2.24, 2.45) is 5.92 Å². The minimum absolute atomic E-state index is 0.286. The minimum Gasteiger partial charge on any atom is -0.426 e. The second-order valence-corrected chi connectivity index (χ2v) is 5.35. The number of piperidine rings is 1. The molecule has 1 aromatic heterocycles. The summed E-state index contributed by atoms with van der Waals surface area (Å²) in [5, 5.41) is 10.7. The van der Waals surface area contributed by atoms with Crippen LogP contribution in [-0.4, -0.2) is 55.1 Å². The Morgan fingerprint density at radius 1 is 1.44 bits per heavy atom. The van der Waals surface area contributed by atoms with Gasteiger partial charge in [-0.15, -0.1) is 0 Å². The summed E-state index contributed by atoms with van der Waals surface area (Å²) in [4.78, 5) is 10.4. The lowest BCUT2D eigenvalue weighted by molar-refractivity contribution is -0.0983. The molecule has 100 valence electrons. The molecule has 1 aliphatic rings. The summed E-state index contributed by atoms with van der Waals surface area (Å²) in [5.74, 6) is 0.919. The second kappa shape index (κ2) is 5.82. The molecule has 1 aromatic rings. The highest BCUT2D eigenvalue weighted by Crippen LogP contribution is 2.22. The molecule has 0 aromatic carbocycles. The van der Waals surface area contributed by atoms with E-state index in [0.29, 0.717) is 17.5 Å². The molecule has 1 N–H and O–H groups in total. The summed E-state index contributed by atoms with van der Waals surface area (Å²) in [5.41, 5.74) is 0. The van der Waals surface area contributed by atoms with Gasteiger partial charge in [0.1, 0.15) is 14.2 Å². The van der Waals surface area contributed by atoms with E-state index in [0.717, 1.165) is 19.6 Å². The van der Waals surface area contributed by atoms with Crippen LogP contribution in [0.2, 0.25) is 5.02 Å². The molecule has 5 nitrogen and oxygen atoms in total. The van der Waals surface area contributed by atoms with E-state index in [1.165, 1.54) is 0 Å². The lowest BCUT2D eigenvalue weighted by Gasteiger charge is -2.35. The van der Waals surface area contributed by atoms with Gasteiger partial charge in [-0.1, -0.05) is 11.6 Å². The zero-order valence-corrected chi connectivity index (χ0v) is 11.5. The van der Waals surface area contributed by atoms with Crippen molar-refractivity contribution in [3.05, 3.63) is 17.4 Å². The number of aromatic nitrogens is 2. The largest absolute Gasteiger partial charge is 0.426 e. The smallest absolute Gasteiger partial charge is 0.225 e. The molecule has 1 fully saturated rings. The Labute approximate surface area is 112 Å². The molecular formula is C12H19ClN3O2+. The van der Waals surface area contributed by atoms with Crippen molar-refractivity contribution in [2.75, 3.05) is 38.8 Å². The molecule has 6 heteroatoms. The topological polar surface area (TPSA) is 52.0 Å². The van der Waals surface area contributed by atoms with Gasteiger partial charge in [-0.3, -0.25) is 0 Å². The van der Waals surface area contributed by atoms with Gasteiger partial charge in [0.25, 0.3) is 0 Å². The van der Waals surface area contributed by atoms with Crippen molar-refractivity contribution in [1.82, 2.24) is 9.97 Å². The third-order valence-electron chi connectivity index (χ3n) is 3.16. The van der Waals surface area contributed by atoms with Gasteiger partial charge in [0.2, 0.25) is 5.95 Å². The average Bonchev–Trinajstić information content (AvgIpc) is 2.32. The highest BCUT2D eigenvalue weighted by atomic mass is 35.5. The number of aliphatic hydroxyl groups is 1. The van der Waals surface area contributed by atoms with Crippen LogP contribution < -0.4 is 4.90 Å². The van der Waals surface area contributed by atoms with Gasteiger partial charge in [0.05, 0.1) is 29.4 Å². The molecule has 1 aliphatic heterocycles. The highest BCUT2D eigenvalue weighted by molar-refractivity contribution is 6.30. The summed E-state index contributed by atoms with van der Waals surface area (Å²) < 4.78 is 2.86. The summed E-state index contributed by atoms with van der Waals surface area (Å²) in [7, 11) is 3.89. The van der Waals surface area contributed by atoms with E-state index >= 15 is 0 Å². The molecule has 2 unspecified atom stereocenters. The molecule has 18 heavy (non-hydrogen) atoms. The van der Waals surface area contributed by atoms with Crippen molar-refractivity contribution >= 4 is 17.5 Å². The monoisotopic (exact) mass is 272 g/mol. The molecule has 1 saturated heterocycles. The Balaban J connectivity index is 1.97. The zero-order valence-electron chi connectivity index (χ0n) is 10.7. The molecule has 2 rings (SSSR count). The molecule has 0 saturated carbocycles. The highest BCUT2D eigenvalue weighted by Gasteiger charge is 2.31. The zero-order chi connectivity index (χ0) is 13.1. The molecule has 0 bridgehead atoms. The predicted molar refractivity (Wildman–Crippen MR) is 71.2 cm³/mol. The molecule has 0 radical (unpaired) electrons. The third-order valence-corrected chi connectivity index (χ3v) is 3.35. The van der Waals surface area contributed by atoms with Gasteiger partial charge in [-0.05, 0) is 6.42 Å². The Hall–Kier alpha value is -0.910. The van der Waals surface area contributed by atoms with Crippen molar-refractivity contribution in [3.63, 3.8) is 0 Å². The van der Waals surface area contributed by atoms with Gasteiger partial charge >= 0.3 is 0 Å². The van der Waals surface area contributed by atoms with Crippen LogP contribution in [0, 0.1) is 5.92 Å². The molecular weight excluding hydrogens is 254 g/mol. The van der Waals surface area contributed by atoms with Crippen molar-refractivity contribution in [2.45, 2.75) is 12.5 Å². The Morgan fingerprint density at radius 3 is 2.67 bits per heavy atom. The standard InChI is InChI=1S/C12H19ClN3O2/c1-18(2)8-9-3-4-16(7-11(9)17)12-14-5-10(13)6-15-12/h5-6,9,11,17H,3-4,7-8H2,1-2H3/q+1. The molecule has 2 atom stereocenters. The van der Waals surface area contributed by atoms with E-state index in [1.807, 2.05) is 19.1 Å². The fourth-order valence-electron chi connectivity index (χ4n) is 2.25. The molecule has 2 heterocycles. The van der Waals surface area contributed by atoms with Gasteiger partial charge < -0.3 is 14.4 Å². The lowest BCUT2D eigenvalue weighted by Crippen LogP contribution is -2.46. The van der Waals surface area contributed by atoms with E-state index in [9.17, 15) is 5.11 Å². The van der Waals surface area contributed by atoms with Gasteiger partial charge in [-0.25, -0.2) is 9.97 Å². The first-order valence-corrected chi connectivity index (χ1v) is 6.39. The number of rotatable bonds is 3. The number of nitrogens with zero attached hydrogens (tertiary/aromatic N) is 3. The molecule has 0 spiro atoms. The van der Waals surface area contributed by atoms with Crippen LogP contribution in [-0.2, 0) is 4.37 Å². The normalized spacial score (nSPS) is 24.6. The summed E-state index contributed by atoms with van der Waals surface area (Å²) in [6.45, 7) is 2.26. The first-order chi connectivity index (χ1) is 8.56. The molecule has 0 amide bonds. The van der Waals surface area contributed by atoms with E-state index in [2.05, 4.69) is 14.3 Å². The number of hydrogen-bond acceptors (Lipinski definition) is 4.